The SMILES string of the molecule is Cc1ccnc(CCl)c1OCC(F)(F)F. The lowest BCUT2D eigenvalue weighted by atomic mass is 10.2. The van der Waals surface area contributed by atoms with E-state index in [1.165, 1.54) is 6.20 Å². The predicted molar refractivity (Wildman–Crippen MR) is 50.1 cm³/mol. The van der Waals surface area contributed by atoms with Crippen LogP contribution < -0.4 is 4.74 Å². The van der Waals surface area contributed by atoms with Gasteiger partial charge in [0.2, 0.25) is 0 Å². The molecule has 0 amide bonds. The molecule has 0 saturated heterocycles. The lowest BCUT2D eigenvalue weighted by Crippen LogP contribution is -2.20. The second kappa shape index (κ2) is 4.70. The van der Waals surface area contributed by atoms with Crippen molar-refractivity contribution in [3.05, 3.63) is 23.5 Å². The fourth-order valence-electron chi connectivity index (χ4n) is 1.05. The van der Waals surface area contributed by atoms with E-state index < -0.39 is 12.8 Å². The minimum absolute atomic E-state index is 0.0227. The fraction of sp³-hybridized carbons (Fsp3) is 0.444. The van der Waals surface area contributed by atoms with E-state index in [9.17, 15) is 13.2 Å². The summed E-state index contributed by atoms with van der Waals surface area (Å²) in [5.74, 6) is 0.138. The van der Waals surface area contributed by atoms with Crippen LogP contribution in [0.5, 0.6) is 5.75 Å². The first kappa shape index (κ1) is 12.1. The van der Waals surface area contributed by atoms with Crippen LogP contribution in [-0.2, 0) is 5.88 Å². The Morgan fingerprint density at radius 1 is 1.47 bits per heavy atom. The molecule has 0 aliphatic heterocycles. The second-order valence-corrected chi connectivity index (χ2v) is 3.21. The maximum atomic E-state index is 11.9. The van der Waals surface area contributed by atoms with E-state index in [1.807, 2.05) is 0 Å². The van der Waals surface area contributed by atoms with E-state index in [-0.39, 0.29) is 11.6 Å². The Bertz CT molecular complexity index is 341. The molecule has 15 heavy (non-hydrogen) atoms. The van der Waals surface area contributed by atoms with Crippen LogP contribution >= 0.6 is 11.6 Å². The molecule has 1 aromatic heterocycles. The normalized spacial score (nSPS) is 11.5. The van der Waals surface area contributed by atoms with Gasteiger partial charge in [-0.2, -0.15) is 13.2 Å². The Morgan fingerprint density at radius 3 is 2.67 bits per heavy atom. The minimum Gasteiger partial charge on any atom is -0.482 e. The first-order chi connectivity index (χ1) is 6.94. The van der Waals surface area contributed by atoms with E-state index in [2.05, 4.69) is 9.72 Å². The summed E-state index contributed by atoms with van der Waals surface area (Å²) in [5.41, 5.74) is 0.908. The lowest BCUT2D eigenvalue weighted by Gasteiger charge is -2.13. The van der Waals surface area contributed by atoms with Crippen molar-refractivity contribution in [3.63, 3.8) is 0 Å². The monoisotopic (exact) mass is 239 g/mol. The third kappa shape index (κ3) is 3.58. The Balaban J connectivity index is 2.83. The van der Waals surface area contributed by atoms with Crippen molar-refractivity contribution in [2.75, 3.05) is 6.61 Å². The van der Waals surface area contributed by atoms with Gasteiger partial charge in [0.15, 0.2) is 6.61 Å². The van der Waals surface area contributed by atoms with Gasteiger partial charge in [0.25, 0.3) is 0 Å². The van der Waals surface area contributed by atoms with Crippen LogP contribution in [0.4, 0.5) is 13.2 Å². The number of alkyl halides is 4. The molecular formula is C9H9ClF3NO. The molecule has 1 aromatic rings. The van der Waals surface area contributed by atoms with Crippen LogP contribution in [-0.4, -0.2) is 17.8 Å². The number of halogens is 4. The zero-order chi connectivity index (χ0) is 11.5. The highest BCUT2D eigenvalue weighted by atomic mass is 35.5. The van der Waals surface area contributed by atoms with E-state index >= 15 is 0 Å². The molecule has 0 fully saturated rings. The van der Waals surface area contributed by atoms with Crippen LogP contribution in [0, 0.1) is 6.92 Å². The van der Waals surface area contributed by atoms with Crippen molar-refractivity contribution in [2.45, 2.75) is 19.0 Å². The number of aryl methyl sites for hydroxylation is 1. The van der Waals surface area contributed by atoms with Gasteiger partial charge in [0, 0.05) is 6.20 Å². The van der Waals surface area contributed by atoms with Crippen LogP contribution in [0.3, 0.4) is 0 Å². The molecule has 0 spiro atoms. The van der Waals surface area contributed by atoms with Crippen LogP contribution in [0.2, 0.25) is 0 Å². The molecule has 0 aliphatic rings. The number of rotatable bonds is 3. The number of hydrogen-bond acceptors (Lipinski definition) is 2. The highest BCUT2D eigenvalue weighted by molar-refractivity contribution is 6.17. The quantitative estimate of drug-likeness (QED) is 0.757. The first-order valence-electron chi connectivity index (χ1n) is 4.14. The molecule has 0 aliphatic carbocycles. The van der Waals surface area contributed by atoms with Crippen molar-refractivity contribution < 1.29 is 17.9 Å². The Hall–Kier alpha value is -0.970. The van der Waals surface area contributed by atoms with E-state index in [4.69, 9.17) is 11.6 Å². The molecule has 1 rings (SSSR count). The van der Waals surface area contributed by atoms with Crippen molar-refractivity contribution in [3.8, 4) is 5.75 Å². The van der Waals surface area contributed by atoms with Gasteiger partial charge in [-0.3, -0.25) is 4.98 Å². The van der Waals surface area contributed by atoms with Crippen LogP contribution in [0.15, 0.2) is 12.3 Å². The summed E-state index contributed by atoms with van der Waals surface area (Å²) in [6.45, 7) is 0.312. The fourth-order valence-corrected chi connectivity index (χ4v) is 1.24. The predicted octanol–water partition coefficient (Wildman–Crippen LogP) is 3.07. The minimum atomic E-state index is -4.36. The molecule has 2 nitrogen and oxygen atoms in total. The molecule has 6 heteroatoms. The zero-order valence-electron chi connectivity index (χ0n) is 7.94. The number of hydrogen-bond donors (Lipinski definition) is 0. The van der Waals surface area contributed by atoms with Gasteiger partial charge in [-0.05, 0) is 18.6 Å². The van der Waals surface area contributed by atoms with Gasteiger partial charge in [-0.25, -0.2) is 0 Å². The van der Waals surface area contributed by atoms with Gasteiger partial charge in [-0.15, -0.1) is 11.6 Å². The summed E-state index contributed by atoms with van der Waals surface area (Å²) in [6, 6.07) is 1.57. The number of pyridine rings is 1. The van der Waals surface area contributed by atoms with Gasteiger partial charge >= 0.3 is 6.18 Å². The van der Waals surface area contributed by atoms with E-state index in [0.29, 0.717) is 11.3 Å². The molecule has 1 heterocycles. The van der Waals surface area contributed by atoms with Gasteiger partial charge < -0.3 is 4.74 Å². The highest BCUT2D eigenvalue weighted by Crippen LogP contribution is 2.25. The first-order valence-corrected chi connectivity index (χ1v) is 4.67. The molecule has 0 saturated carbocycles. The van der Waals surface area contributed by atoms with E-state index in [0.717, 1.165) is 0 Å². The second-order valence-electron chi connectivity index (χ2n) is 2.94. The Labute approximate surface area is 90.0 Å². The topological polar surface area (TPSA) is 22.1 Å². The molecule has 84 valence electrons. The maximum Gasteiger partial charge on any atom is 0.422 e. The largest absolute Gasteiger partial charge is 0.482 e. The summed E-state index contributed by atoms with van der Waals surface area (Å²) in [5, 5.41) is 0. The molecule has 0 bridgehead atoms. The third-order valence-electron chi connectivity index (χ3n) is 1.68. The Kier molecular flexibility index (Phi) is 3.79. The van der Waals surface area contributed by atoms with Gasteiger partial charge in [0.05, 0.1) is 11.6 Å². The number of aromatic nitrogens is 1. The summed E-state index contributed by atoms with van der Waals surface area (Å²) >= 11 is 5.53. The smallest absolute Gasteiger partial charge is 0.422 e. The molecular weight excluding hydrogens is 231 g/mol. The van der Waals surface area contributed by atoms with E-state index in [1.54, 1.807) is 13.0 Å². The average Bonchev–Trinajstić information content (AvgIpc) is 2.14. The standard InChI is InChI=1S/C9H9ClF3NO/c1-6-2-3-14-7(4-10)8(6)15-5-9(11,12)13/h2-3H,4-5H2,1H3. The third-order valence-corrected chi connectivity index (χ3v) is 1.94. The summed E-state index contributed by atoms with van der Waals surface area (Å²) in [7, 11) is 0. The molecule has 0 radical (unpaired) electrons. The molecule has 0 aromatic carbocycles. The summed E-state index contributed by atoms with van der Waals surface area (Å²) < 4.78 is 40.4. The van der Waals surface area contributed by atoms with Crippen molar-refractivity contribution in [1.82, 2.24) is 4.98 Å². The van der Waals surface area contributed by atoms with Gasteiger partial charge in [0.1, 0.15) is 5.75 Å². The zero-order valence-corrected chi connectivity index (χ0v) is 8.69. The van der Waals surface area contributed by atoms with Crippen molar-refractivity contribution >= 4 is 11.6 Å². The van der Waals surface area contributed by atoms with Gasteiger partial charge in [-0.1, -0.05) is 0 Å². The summed E-state index contributed by atoms with van der Waals surface area (Å²) in [4.78, 5) is 3.83. The van der Waals surface area contributed by atoms with Crippen LogP contribution in [0.25, 0.3) is 0 Å². The molecule has 0 atom stereocenters. The average molecular weight is 240 g/mol. The summed E-state index contributed by atoms with van der Waals surface area (Å²) in [6.07, 6.45) is -2.88. The molecule has 0 unspecified atom stereocenters. The van der Waals surface area contributed by atoms with Crippen molar-refractivity contribution in [2.24, 2.45) is 0 Å². The number of ether oxygens (including phenoxy) is 1. The number of nitrogens with zero attached hydrogens (tertiary/aromatic N) is 1. The Morgan fingerprint density at radius 2 is 2.13 bits per heavy atom. The highest BCUT2D eigenvalue weighted by Gasteiger charge is 2.29. The van der Waals surface area contributed by atoms with Crippen LogP contribution in [0.1, 0.15) is 11.3 Å². The molecule has 0 N–H and O–H groups in total. The lowest BCUT2D eigenvalue weighted by molar-refractivity contribution is -0.153. The maximum absolute atomic E-state index is 11.9. The van der Waals surface area contributed by atoms with Crippen molar-refractivity contribution in [1.29, 1.82) is 0 Å².